The number of thiazole rings is 1. The van der Waals surface area contributed by atoms with E-state index in [1.807, 2.05) is 42.8 Å². The second-order valence-electron chi connectivity index (χ2n) is 4.93. The Labute approximate surface area is 151 Å². The Morgan fingerprint density at radius 3 is 2.88 bits per heavy atom. The highest BCUT2D eigenvalue weighted by Crippen LogP contribution is 2.35. The fourth-order valence-electron chi connectivity index (χ4n) is 2.06. The maximum Gasteiger partial charge on any atom is 0.351 e. The molecule has 0 aliphatic rings. The predicted molar refractivity (Wildman–Crippen MR) is 93.8 cm³/mol. The number of aromatic nitrogens is 4. The van der Waals surface area contributed by atoms with Gasteiger partial charge in [-0.25, -0.2) is 9.78 Å². The number of halogens is 1. The first-order valence-corrected chi connectivity index (χ1v) is 8.89. The van der Waals surface area contributed by atoms with Crippen LogP contribution in [0.25, 0.3) is 11.4 Å². The van der Waals surface area contributed by atoms with Gasteiger partial charge in [-0.15, -0.1) is 10.2 Å². The number of benzene rings is 1. The van der Waals surface area contributed by atoms with Crippen molar-refractivity contribution < 1.29 is 9.53 Å². The number of carbonyl (C=O) groups excluding carboxylic acids is 1. The number of hydrogen-bond acceptors (Lipinski definition) is 7. The molecule has 24 heavy (non-hydrogen) atoms. The van der Waals surface area contributed by atoms with Gasteiger partial charge in [0, 0.05) is 12.6 Å². The van der Waals surface area contributed by atoms with Gasteiger partial charge in [-0.1, -0.05) is 46.7 Å². The zero-order chi connectivity index (χ0) is 17.3. The van der Waals surface area contributed by atoms with Crippen LogP contribution in [0.2, 0.25) is 5.15 Å². The summed E-state index contributed by atoms with van der Waals surface area (Å²) in [5, 5.41) is 9.25. The zero-order valence-electron chi connectivity index (χ0n) is 13.1. The number of ether oxygens (including phenoxy) is 1. The molecule has 0 saturated heterocycles. The van der Waals surface area contributed by atoms with Gasteiger partial charge in [-0.3, -0.25) is 0 Å². The number of hydrogen-bond donors (Lipinski definition) is 0. The molecular weight excluding hydrogens is 368 g/mol. The Morgan fingerprint density at radius 1 is 1.38 bits per heavy atom. The topological polar surface area (TPSA) is 69.9 Å². The summed E-state index contributed by atoms with van der Waals surface area (Å²) in [7, 11) is 3.19. The van der Waals surface area contributed by atoms with Crippen LogP contribution >= 0.6 is 34.7 Å². The smallest absolute Gasteiger partial charge is 0.351 e. The van der Waals surface area contributed by atoms with E-state index in [1.165, 1.54) is 30.2 Å². The molecule has 3 rings (SSSR count). The van der Waals surface area contributed by atoms with Gasteiger partial charge in [0.05, 0.1) is 7.11 Å². The zero-order valence-corrected chi connectivity index (χ0v) is 15.5. The molecule has 2 heterocycles. The maximum atomic E-state index is 11.6. The average molecular weight is 381 g/mol. The number of methoxy groups -OCH3 is 1. The van der Waals surface area contributed by atoms with Gasteiger partial charge < -0.3 is 9.30 Å². The van der Waals surface area contributed by atoms with Crippen molar-refractivity contribution in [1.82, 2.24) is 19.7 Å². The van der Waals surface area contributed by atoms with E-state index in [0.29, 0.717) is 9.50 Å². The molecule has 0 unspecified atom stereocenters. The summed E-state index contributed by atoms with van der Waals surface area (Å²) in [6, 6.07) is 8.05. The molecule has 1 aromatic carbocycles. The third-order valence-electron chi connectivity index (χ3n) is 3.23. The van der Waals surface area contributed by atoms with Crippen molar-refractivity contribution >= 4 is 40.7 Å². The lowest BCUT2D eigenvalue weighted by Gasteiger charge is -2.03. The summed E-state index contributed by atoms with van der Waals surface area (Å²) in [5.74, 6) is 0.264. The van der Waals surface area contributed by atoms with Gasteiger partial charge in [0.25, 0.3) is 0 Å². The minimum Gasteiger partial charge on any atom is -0.465 e. The van der Waals surface area contributed by atoms with Crippen molar-refractivity contribution in [3.8, 4) is 11.4 Å². The van der Waals surface area contributed by atoms with Gasteiger partial charge in [-0.2, -0.15) is 0 Å². The third kappa shape index (κ3) is 3.31. The van der Waals surface area contributed by atoms with E-state index in [9.17, 15) is 4.79 Å². The van der Waals surface area contributed by atoms with E-state index in [0.717, 1.165) is 17.0 Å². The summed E-state index contributed by atoms with van der Waals surface area (Å²) in [5.41, 5.74) is 2.14. The Morgan fingerprint density at radius 2 is 2.17 bits per heavy atom. The molecule has 124 valence electrons. The molecule has 2 aromatic heterocycles. The quantitative estimate of drug-likeness (QED) is 0.640. The SMILES string of the molecule is COC(=O)c1sc(Sc2nnc(-c3cccc(C)c3)n2C)nc1Cl. The number of rotatable bonds is 4. The van der Waals surface area contributed by atoms with Crippen LogP contribution in [-0.2, 0) is 11.8 Å². The summed E-state index contributed by atoms with van der Waals surface area (Å²) in [6.45, 7) is 2.03. The van der Waals surface area contributed by atoms with Crippen molar-refractivity contribution in [2.75, 3.05) is 7.11 Å². The minimum atomic E-state index is -0.497. The number of aryl methyl sites for hydroxylation is 1. The van der Waals surface area contributed by atoms with Crippen molar-refractivity contribution in [1.29, 1.82) is 0 Å². The second kappa shape index (κ2) is 6.92. The molecule has 0 aliphatic heterocycles. The van der Waals surface area contributed by atoms with Gasteiger partial charge >= 0.3 is 5.97 Å². The van der Waals surface area contributed by atoms with Gasteiger partial charge in [0.15, 0.2) is 25.4 Å². The number of carbonyl (C=O) groups is 1. The Bertz CT molecular complexity index is 907. The highest BCUT2D eigenvalue weighted by molar-refractivity contribution is 8.00. The van der Waals surface area contributed by atoms with Gasteiger partial charge in [0.1, 0.15) is 0 Å². The minimum absolute atomic E-state index is 0.135. The molecule has 0 aliphatic carbocycles. The molecule has 6 nitrogen and oxygen atoms in total. The van der Waals surface area contributed by atoms with Crippen LogP contribution in [0.5, 0.6) is 0 Å². The normalized spacial score (nSPS) is 10.8. The van der Waals surface area contributed by atoms with E-state index in [-0.39, 0.29) is 10.0 Å². The first-order valence-electron chi connectivity index (χ1n) is 6.88. The summed E-state index contributed by atoms with van der Waals surface area (Å²) in [4.78, 5) is 16.1. The van der Waals surface area contributed by atoms with E-state index in [1.54, 1.807) is 0 Å². The lowest BCUT2D eigenvalue weighted by Crippen LogP contribution is -1.98. The van der Waals surface area contributed by atoms with Crippen molar-refractivity contribution in [3.05, 3.63) is 39.9 Å². The van der Waals surface area contributed by atoms with Crippen molar-refractivity contribution in [2.24, 2.45) is 7.05 Å². The first kappa shape index (κ1) is 16.9. The highest BCUT2D eigenvalue weighted by atomic mass is 35.5. The van der Waals surface area contributed by atoms with Gasteiger partial charge in [0.2, 0.25) is 0 Å². The predicted octanol–water partition coefficient (Wildman–Crippen LogP) is 3.84. The molecular formula is C15H13ClN4O2S2. The standard InChI is InChI=1S/C15H13ClN4O2S2/c1-8-5-4-6-9(7-8)12-18-19-14(20(12)2)24-15-17-11(16)10(23-15)13(21)22-3/h4-7H,1-3H3. The lowest BCUT2D eigenvalue weighted by atomic mass is 10.1. The van der Waals surface area contributed by atoms with E-state index in [2.05, 4.69) is 19.9 Å². The Kier molecular flexibility index (Phi) is 4.88. The van der Waals surface area contributed by atoms with E-state index in [4.69, 9.17) is 11.6 Å². The molecule has 9 heteroatoms. The molecule has 0 saturated carbocycles. The molecule has 0 fully saturated rings. The fourth-order valence-corrected chi connectivity index (χ4v) is 4.29. The molecule has 3 aromatic rings. The van der Waals surface area contributed by atoms with Crippen LogP contribution in [0, 0.1) is 6.92 Å². The second-order valence-corrected chi connectivity index (χ2v) is 7.50. The van der Waals surface area contributed by atoms with Gasteiger partial charge in [-0.05, 0) is 24.8 Å². The van der Waals surface area contributed by atoms with Crippen LogP contribution in [-0.4, -0.2) is 32.8 Å². The van der Waals surface area contributed by atoms with Crippen molar-refractivity contribution in [2.45, 2.75) is 16.4 Å². The molecule has 0 radical (unpaired) electrons. The summed E-state index contributed by atoms with van der Waals surface area (Å²) in [6.07, 6.45) is 0. The maximum absolute atomic E-state index is 11.6. The molecule has 0 spiro atoms. The Balaban J connectivity index is 1.88. The molecule has 0 amide bonds. The molecule has 0 bridgehead atoms. The van der Waals surface area contributed by atoms with E-state index >= 15 is 0 Å². The highest BCUT2D eigenvalue weighted by Gasteiger charge is 2.20. The summed E-state index contributed by atoms with van der Waals surface area (Å²) >= 11 is 8.45. The number of nitrogens with zero attached hydrogens (tertiary/aromatic N) is 4. The lowest BCUT2D eigenvalue weighted by molar-refractivity contribution is 0.0606. The van der Waals surface area contributed by atoms with Crippen LogP contribution in [0.4, 0.5) is 0 Å². The summed E-state index contributed by atoms with van der Waals surface area (Å²) < 4.78 is 7.17. The largest absolute Gasteiger partial charge is 0.465 e. The molecule has 0 N–H and O–H groups in total. The first-order chi connectivity index (χ1) is 11.5. The average Bonchev–Trinajstić information content (AvgIpc) is 3.10. The Hall–Kier alpha value is -1.90. The third-order valence-corrected chi connectivity index (χ3v) is 5.75. The van der Waals surface area contributed by atoms with Crippen molar-refractivity contribution in [3.63, 3.8) is 0 Å². The van der Waals surface area contributed by atoms with Crippen LogP contribution in [0.1, 0.15) is 15.2 Å². The molecule has 0 atom stereocenters. The van der Waals surface area contributed by atoms with Crippen LogP contribution < -0.4 is 0 Å². The fraction of sp³-hybridized carbons (Fsp3) is 0.200. The monoisotopic (exact) mass is 380 g/mol. The van der Waals surface area contributed by atoms with E-state index < -0.39 is 5.97 Å². The number of esters is 1. The van der Waals surface area contributed by atoms with Crippen LogP contribution in [0.15, 0.2) is 33.8 Å². The van der Waals surface area contributed by atoms with Crippen LogP contribution in [0.3, 0.4) is 0 Å².